The number of hydrogen-bond acceptors (Lipinski definition) is 4. The summed E-state index contributed by atoms with van der Waals surface area (Å²) < 4.78 is 5.48. The van der Waals surface area contributed by atoms with Crippen LogP contribution < -0.4 is 10.2 Å². The molecule has 1 saturated heterocycles. The SMILES string of the molecule is Cc1ccccc1NC(=O)[C@@]12CCC(=O)N1c1ccccc1C(=O)N2Cc1ccco1. The first-order valence-corrected chi connectivity index (χ1v) is 10.2. The number of rotatable bonds is 4. The van der Waals surface area contributed by atoms with Gasteiger partial charge in [-0.25, -0.2) is 0 Å². The van der Waals surface area contributed by atoms with Gasteiger partial charge in [0, 0.05) is 18.5 Å². The Hall–Kier alpha value is -3.87. The second-order valence-corrected chi connectivity index (χ2v) is 7.80. The number of hydrogen-bond donors (Lipinski definition) is 1. The fourth-order valence-corrected chi connectivity index (χ4v) is 4.50. The van der Waals surface area contributed by atoms with E-state index in [-0.39, 0.29) is 31.2 Å². The molecule has 1 atom stereocenters. The van der Waals surface area contributed by atoms with Gasteiger partial charge in [-0.2, -0.15) is 0 Å². The van der Waals surface area contributed by atoms with E-state index >= 15 is 0 Å². The molecule has 0 radical (unpaired) electrons. The third kappa shape index (κ3) is 2.84. The van der Waals surface area contributed by atoms with Crippen molar-refractivity contribution in [1.29, 1.82) is 0 Å². The molecule has 0 unspecified atom stereocenters. The first-order valence-electron chi connectivity index (χ1n) is 10.2. The van der Waals surface area contributed by atoms with E-state index in [2.05, 4.69) is 5.32 Å². The van der Waals surface area contributed by atoms with Crippen LogP contribution in [0.1, 0.15) is 34.5 Å². The van der Waals surface area contributed by atoms with Crippen molar-refractivity contribution in [3.8, 4) is 0 Å². The molecule has 0 bridgehead atoms. The summed E-state index contributed by atoms with van der Waals surface area (Å²) in [4.78, 5) is 43.4. The predicted molar refractivity (Wildman–Crippen MR) is 114 cm³/mol. The Balaban J connectivity index is 1.66. The van der Waals surface area contributed by atoms with Crippen molar-refractivity contribution < 1.29 is 18.8 Å². The summed E-state index contributed by atoms with van der Waals surface area (Å²) in [5, 5.41) is 2.97. The number of benzene rings is 2. The molecule has 1 aromatic heterocycles. The topological polar surface area (TPSA) is 82.9 Å². The Labute approximate surface area is 179 Å². The quantitative estimate of drug-likeness (QED) is 0.704. The minimum atomic E-state index is -1.47. The van der Waals surface area contributed by atoms with Crippen molar-refractivity contribution in [1.82, 2.24) is 4.90 Å². The van der Waals surface area contributed by atoms with E-state index in [4.69, 9.17) is 4.42 Å². The zero-order valence-corrected chi connectivity index (χ0v) is 17.0. The van der Waals surface area contributed by atoms with Crippen LogP contribution in [0.2, 0.25) is 0 Å². The third-order valence-corrected chi connectivity index (χ3v) is 6.02. The smallest absolute Gasteiger partial charge is 0.271 e. The molecule has 0 aliphatic carbocycles. The zero-order valence-electron chi connectivity index (χ0n) is 17.0. The molecule has 1 fully saturated rings. The zero-order chi connectivity index (χ0) is 21.6. The van der Waals surface area contributed by atoms with Crippen molar-refractivity contribution in [3.05, 3.63) is 83.8 Å². The van der Waals surface area contributed by atoms with Gasteiger partial charge in [0.25, 0.3) is 11.8 Å². The number of carbonyl (C=O) groups excluding carboxylic acids is 3. The minimum absolute atomic E-state index is 0.0745. The summed E-state index contributed by atoms with van der Waals surface area (Å²) in [6.07, 6.45) is 1.89. The van der Waals surface area contributed by atoms with Gasteiger partial charge in [0.05, 0.1) is 24.1 Å². The number of anilines is 2. The molecular formula is C24H21N3O4. The van der Waals surface area contributed by atoms with E-state index in [0.717, 1.165) is 5.56 Å². The number of nitrogens with zero attached hydrogens (tertiary/aromatic N) is 2. The van der Waals surface area contributed by atoms with Crippen LogP contribution in [0.4, 0.5) is 11.4 Å². The highest BCUT2D eigenvalue weighted by atomic mass is 16.3. The summed E-state index contributed by atoms with van der Waals surface area (Å²) in [7, 11) is 0. The summed E-state index contributed by atoms with van der Waals surface area (Å²) in [5.74, 6) is -0.376. The molecule has 0 spiro atoms. The Kier molecular flexibility index (Phi) is 4.39. The van der Waals surface area contributed by atoms with Gasteiger partial charge in [-0.05, 0) is 42.8 Å². The molecule has 31 heavy (non-hydrogen) atoms. The predicted octanol–water partition coefficient (Wildman–Crippen LogP) is 3.71. The summed E-state index contributed by atoms with van der Waals surface area (Å²) >= 11 is 0. The van der Waals surface area contributed by atoms with Gasteiger partial charge in [-0.1, -0.05) is 30.3 Å². The van der Waals surface area contributed by atoms with Gasteiger partial charge in [0.2, 0.25) is 11.6 Å². The lowest BCUT2D eigenvalue weighted by molar-refractivity contribution is -0.129. The summed E-state index contributed by atoms with van der Waals surface area (Å²) in [6, 6.07) is 17.8. The third-order valence-electron chi connectivity index (χ3n) is 6.02. The Morgan fingerprint density at radius 1 is 1.06 bits per heavy atom. The molecule has 0 saturated carbocycles. The van der Waals surface area contributed by atoms with Gasteiger partial charge in [0.1, 0.15) is 5.76 Å². The van der Waals surface area contributed by atoms with Crippen LogP contribution >= 0.6 is 0 Å². The van der Waals surface area contributed by atoms with Crippen LogP contribution in [0.15, 0.2) is 71.3 Å². The molecule has 3 amide bonds. The number of nitrogens with one attached hydrogen (secondary N) is 1. The van der Waals surface area contributed by atoms with E-state index in [1.165, 1.54) is 16.1 Å². The highest BCUT2D eigenvalue weighted by Crippen LogP contribution is 2.45. The number of carbonyl (C=O) groups is 3. The van der Waals surface area contributed by atoms with Crippen LogP contribution in [0.5, 0.6) is 0 Å². The fourth-order valence-electron chi connectivity index (χ4n) is 4.50. The average molecular weight is 415 g/mol. The number of amides is 3. The number of fused-ring (bicyclic) bond motifs is 3. The molecule has 2 aliphatic rings. The van der Waals surface area contributed by atoms with Crippen LogP contribution in [0, 0.1) is 6.92 Å². The molecular weight excluding hydrogens is 394 g/mol. The molecule has 3 heterocycles. The number of furan rings is 1. The monoisotopic (exact) mass is 415 g/mol. The molecule has 5 rings (SSSR count). The van der Waals surface area contributed by atoms with E-state index in [1.54, 1.807) is 42.5 Å². The van der Waals surface area contributed by atoms with Crippen molar-refractivity contribution in [2.24, 2.45) is 0 Å². The maximum Gasteiger partial charge on any atom is 0.271 e. The van der Waals surface area contributed by atoms with Crippen molar-refractivity contribution >= 4 is 29.1 Å². The van der Waals surface area contributed by atoms with E-state index in [1.807, 2.05) is 25.1 Å². The van der Waals surface area contributed by atoms with Gasteiger partial charge in [0.15, 0.2) is 0 Å². The van der Waals surface area contributed by atoms with Crippen LogP contribution in [0.25, 0.3) is 0 Å². The first kappa shape index (κ1) is 19.1. The van der Waals surface area contributed by atoms with Crippen molar-refractivity contribution in [2.75, 3.05) is 10.2 Å². The lowest BCUT2D eigenvalue weighted by atomic mass is 9.95. The van der Waals surface area contributed by atoms with Gasteiger partial charge in [-0.3, -0.25) is 24.2 Å². The van der Waals surface area contributed by atoms with E-state index in [9.17, 15) is 14.4 Å². The maximum absolute atomic E-state index is 13.8. The molecule has 2 aliphatic heterocycles. The summed E-state index contributed by atoms with van der Waals surface area (Å²) in [6.45, 7) is 1.97. The van der Waals surface area contributed by atoms with Crippen LogP contribution in [-0.4, -0.2) is 28.3 Å². The van der Waals surface area contributed by atoms with Crippen molar-refractivity contribution in [3.63, 3.8) is 0 Å². The molecule has 1 N–H and O–H groups in total. The largest absolute Gasteiger partial charge is 0.467 e. The molecule has 2 aromatic carbocycles. The minimum Gasteiger partial charge on any atom is -0.467 e. The molecule has 7 nitrogen and oxygen atoms in total. The highest BCUT2D eigenvalue weighted by Gasteiger charge is 2.61. The lowest BCUT2D eigenvalue weighted by Gasteiger charge is -2.48. The summed E-state index contributed by atoms with van der Waals surface area (Å²) in [5.41, 5.74) is 0.917. The van der Waals surface area contributed by atoms with Gasteiger partial charge in [-0.15, -0.1) is 0 Å². The molecule has 156 valence electrons. The Bertz CT molecular complexity index is 1190. The second-order valence-electron chi connectivity index (χ2n) is 7.80. The Morgan fingerprint density at radius 2 is 1.84 bits per heavy atom. The fraction of sp³-hybridized carbons (Fsp3) is 0.208. The van der Waals surface area contributed by atoms with Gasteiger partial charge >= 0.3 is 0 Å². The first-order chi connectivity index (χ1) is 15.0. The second kappa shape index (κ2) is 7.12. The molecule has 3 aromatic rings. The Morgan fingerprint density at radius 3 is 2.61 bits per heavy atom. The van der Waals surface area contributed by atoms with Crippen LogP contribution in [0.3, 0.4) is 0 Å². The number of aryl methyl sites for hydroxylation is 1. The van der Waals surface area contributed by atoms with Crippen LogP contribution in [-0.2, 0) is 16.1 Å². The highest BCUT2D eigenvalue weighted by molar-refractivity contribution is 6.18. The average Bonchev–Trinajstić information content (AvgIpc) is 3.41. The normalized spacial score (nSPS) is 19.9. The molecule has 7 heteroatoms. The maximum atomic E-state index is 13.8. The standard InChI is InChI=1S/C24H21N3O4/c1-16-7-2-4-10-19(16)25-23(30)24-13-12-21(28)27(24)20-11-5-3-9-18(20)22(29)26(24)15-17-8-6-14-31-17/h2-11,14H,12-13,15H2,1H3,(H,25,30)/t24-/m1/s1. The van der Waals surface area contributed by atoms with E-state index in [0.29, 0.717) is 22.7 Å². The number of para-hydroxylation sites is 2. The van der Waals surface area contributed by atoms with Gasteiger partial charge < -0.3 is 9.73 Å². The lowest BCUT2D eigenvalue weighted by Crippen LogP contribution is -2.69. The van der Waals surface area contributed by atoms with Crippen molar-refractivity contribution in [2.45, 2.75) is 32.0 Å². The van der Waals surface area contributed by atoms with E-state index < -0.39 is 11.6 Å².